The Labute approximate surface area is 104 Å². The van der Waals surface area contributed by atoms with Crippen LogP contribution in [-0.2, 0) is 17.6 Å². The van der Waals surface area contributed by atoms with Gasteiger partial charge in [-0.2, -0.15) is 5.10 Å². The van der Waals surface area contributed by atoms with E-state index in [-0.39, 0.29) is 18.1 Å². The number of amides is 1. The molecule has 2 rings (SSSR count). The number of H-pyrrole nitrogens is 1. The van der Waals surface area contributed by atoms with E-state index in [0.29, 0.717) is 5.82 Å². The van der Waals surface area contributed by atoms with Gasteiger partial charge in [-0.15, -0.1) is 0 Å². The Hall–Kier alpha value is -2.17. The quantitative estimate of drug-likeness (QED) is 0.870. The maximum absolute atomic E-state index is 12.7. The van der Waals surface area contributed by atoms with Gasteiger partial charge in [0.2, 0.25) is 5.91 Å². The van der Waals surface area contributed by atoms with E-state index in [1.54, 1.807) is 18.2 Å². The highest BCUT2D eigenvalue weighted by molar-refractivity contribution is 5.91. The maximum atomic E-state index is 12.7. The first-order chi connectivity index (χ1) is 8.67. The standard InChI is InChI=1S/C13H14FN3O/c1-2-11-8-12(17-16-11)15-13(18)7-9-3-5-10(14)6-4-9/h3-6,8H,2,7H2,1H3,(H2,15,16,17,18). The van der Waals surface area contributed by atoms with Gasteiger partial charge in [-0.05, 0) is 24.1 Å². The van der Waals surface area contributed by atoms with Gasteiger partial charge in [0.15, 0.2) is 5.82 Å². The van der Waals surface area contributed by atoms with E-state index >= 15 is 0 Å². The van der Waals surface area contributed by atoms with Crippen LogP contribution in [0.4, 0.5) is 10.2 Å². The lowest BCUT2D eigenvalue weighted by molar-refractivity contribution is -0.115. The minimum atomic E-state index is -0.306. The molecule has 4 nitrogen and oxygen atoms in total. The summed E-state index contributed by atoms with van der Waals surface area (Å²) in [5.41, 5.74) is 1.73. The van der Waals surface area contributed by atoms with Crippen molar-refractivity contribution in [3.63, 3.8) is 0 Å². The van der Waals surface area contributed by atoms with E-state index in [9.17, 15) is 9.18 Å². The SMILES string of the molecule is CCc1cc(NC(=O)Cc2ccc(F)cc2)n[nH]1. The molecule has 2 N–H and O–H groups in total. The third-order valence-corrected chi connectivity index (χ3v) is 2.56. The maximum Gasteiger partial charge on any atom is 0.229 e. The predicted molar refractivity (Wildman–Crippen MR) is 66.7 cm³/mol. The summed E-state index contributed by atoms with van der Waals surface area (Å²) >= 11 is 0. The van der Waals surface area contributed by atoms with Crippen molar-refractivity contribution in [1.82, 2.24) is 10.2 Å². The van der Waals surface area contributed by atoms with E-state index in [0.717, 1.165) is 17.7 Å². The van der Waals surface area contributed by atoms with Crippen molar-refractivity contribution in [2.75, 3.05) is 5.32 Å². The van der Waals surface area contributed by atoms with Gasteiger partial charge in [0.1, 0.15) is 5.82 Å². The van der Waals surface area contributed by atoms with Crippen LogP contribution >= 0.6 is 0 Å². The van der Waals surface area contributed by atoms with Crippen molar-refractivity contribution in [2.45, 2.75) is 19.8 Å². The average Bonchev–Trinajstić information content (AvgIpc) is 2.79. The lowest BCUT2D eigenvalue weighted by Gasteiger charge is -2.01. The van der Waals surface area contributed by atoms with Crippen molar-refractivity contribution in [3.05, 3.63) is 47.4 Å². The smallest absolute Gasteiger partial charge is 0.229 e. The highest BCUT2D eigenvalue weighted by Gasteiger charge is 2.06. The van der Waals surface area contributed by atoms with E-state index in [1.807, 2.05) is 6.92 Å². The number of carbonyl (C=O) groups excluding carboxylic acids is 1. The summed E-state index contributed by atoms with van der Waals surface area (Å²) < 4.78 is 12.7. The fraction of sp³-hybridized carbons (Fsp3) is 0.231. The summed E-state index contributed by atoms with van der Waals surface area (Å²) in [4.78, 5) is 11.7. The Morgan fingerprint density at radius 3 is 2.72 bits per heavy atom. The van der Waals surface area contributed by atoms with Crippen LogP contribution in [0, 0.1) is 5.82 Å². The number of benzene rings is 1. The molecule has 0 atom stereocenters. The monoisotopic (exact) mass is 247 g/mol. The molecule has 0 bridgehead atoms. The second-order valence-corrected chi connectivity index (χ2v) is 3.98. The normalized spacial score (nSPS) is 10.3. The molecule has 1 aromatic carbocycles. The molecule has 0 saturated carbocycles. The Kier molecular flexibility index (Phi) is 3.72. The Balaban J connectivity index is 1.94. The van der Waals surface area contributed by atoms with Gasteiger partial charge < -0.3 is 5.32 Å². The van der Waals surface area contributed by atoms with E-state index in [2.05, 4.69) is 15.5 Å². The fourth-order valence-corrected chi connectivity index (χ4v) is 1.58. The summed E-state index contributed by atoms with van der Waals surface area (Å²) in [6.07, 6.45) is 1.04. The molecule has 0 radical (unpaired) electrons. The zero-order valence-corrected chi connectivity index (χ0v) is 10.0. The molecule has 1 amide bonds. The third kappa shape index (κ3) is 3.16. The van der Waals surface area contributed by atoms with Crippen molar-refractivity contribution in [1.29, 1.82) is 0 Å². The van der Waals surface area contributed by atoms with Crippen LogP contribution in [0.25, 0.3) is 0 Å². The van der Waals surface area contributed by atoms with Crippen molar-refractivity contribution in [3.8, 4) is 0 Å². The fourth-order valence-electron chi connectivity index (χ4n) is 1.58. The summed E-state index contributed by atoms with van der Waals surface area (Å²) in [7, 11) is 0. The van der Waals surface area contributed by atoms with Crippen LogP contribution < -0.4 is 5.32 Å². The third-order valence-electron chi connectivity index (χ3n) is 2.56. The molecule has 94 valence electrons. The summed E-state index contributed by atoms with van der Waals surface area (Å²) in [6, 6.07) is 7.66. The number of hydrogen-bond donors (Lipinski definition) is 2. The van der Waals surface area contributed by atoms with Crippen molar-refractivity contribution < 1.29 is 9.18 Å². The molecule has 0 unspecified atom stereocenters. The van der Waals surface area contributed by atoms with Crippen molar-refractivity contribution >= 4 is 11.7 Å². The second kappa shape index (κ2) is 5.44. The minimum Gasteiger partial charge on any atom is -0.309 e. The van der Waals surface area contributed by atoms with Gasteiger partial charge in [-0.25, -0.2) is 4.39 Å². The molecule has 0 aliphatic carbocycles. The molecule has 2 aromatic rings. The molecule has 0 aliphatic rings. The summed E-state index contributed by atoms with van der Waals surface area (Å²) in [5.74, 6) is 0.0359. The van der Waals surface area contributed by atoms with Crippen molar-refractivity contribution in [2.24, 2.45) is 0 Å². The zero-order chi connectivity index (χ0) is 13.0. The largest absolute Gasteiger partial charge is 0.309 e. The Morgan fingerprint density at radius 1 is 1.39 bits per heavy atom. The number of hydrogen-bond acceptors (Lipinski definition) is 2. The number of nitrogens with zero attached hydrogens (tertiary/aromatic N) is 1. The molecule has 5 heteroatoms. The van der Waals surface area contributed by atoms with Gasteiger partial charge in [-0.1, -0.05) is 19.1 Å². The topological polar surface area (TPSA) is 57.8 Å². The van der Waals surface area contributed by atoms with Gasteiger partial charge >= 0.3 is 0 Å². The number of rotatable bonds is 4. The van der Waals surface area contributed by atoms with Gasteiger partial charge in [0.05, 0.1) is 6.42 Å². The molecular weight excluding hydrogens is 233 g/mol. The zero-order valence-electron chi connectivity index (χ0n) is 10.0. The summed E-state index contributed by atoms with van der Waals surface area (Å²) in [5, 5.41) is 9.47. The average molecular weight is 247 g/mol. The van der Waals surface area contributed by atoms with Crippen LogP contribution in [0.3, 0.4) is 0 Å². The van der Waals surface area contributed by atoms with Gasteiger partial charge in [-0.3, -0.25) is 9.89 Å². The highest BCUT2D eigenvalue weighted by atomic mass is 19.1. The summed E-state index contributed by atoms with van der Waals surface area (Å²) in [6.45, 7) is 2.00. The van der Waals surface area contributed by atoms with E-state index < -0.39 is 0 Å². The van der Waals surface area contributed by atoms with Crippen LogP contribution in [0.2, 0.25) is 0 Å². The minimum absolute atomic E-state index is 0.171. The molecule has 0 spiro atoms. The number of carbonyl (C=O) groups is 1. The number of aryl methyl sites for hydroxylation is 1. The lowest BCUT2D eigenvalue weighted by Crippen LogP contribution is -2.14. The van der Waals surface area contributed by atoms with E-state index in [1.165, 1.54) is 12.1 Å². The first-order valence-corrected chi connectivity index (χ1v) is 5.76. The highest BCUT2D eigenvalue weighted by Crippen LogP contribution is 2.08. The van der Waals surface area contributed by atoms with Crippen LogP contribution in [0.15, 0.2) is 30.3 Å². The molecule has 1 aromatic heterocycles. The molecule has 0 aliphatic heterocycles. The molecule has 0 fully saturated rings. The van der Waals surface area contributed by atoms with Crippen LogP contribution in [-0.4, -0.2) is 16.1 Å². The van der Waals surface area contributed by atoms with E-state index in [4.69, 9.17) is 0 Å². The predicted octanol–water partition coefficient (Wildman–Crippen LogP) is 2.29. The molecule has 0 saturated heterocycles. The number of aromatic nitrogens is 2. The number of halogens is 1. The first-order valence-electron chi connectivity index (χ1n) is 5.76. The Bertz CT molecular complexity index is 533. The van der Waals surface area contributed by atoms with Gasteiger partial charge in [0, 0.05) is 11.8 Å². The van der Waals surface area contributed by atoms with Gasteiger partial charge in [0.25, 0.3) is 0 Å². The number of anilines is 1. The lowest BCUT2D eigenvalue weighted by atomic mass is 10.1. The molecule has 18 heavy (non-hydrogen) atoms. The number of nitrogens with one attached hydrogen (secondary N) is 2. The molecular formula is C13H14FN3O. The first kappa shape index (κ1) is 12.3. The van der Waals surface area contributed by atoms with Crippen LogP contribution in [0.1, 0.15) is 18.2 Å². The Morgan fingerprint density at radius 2 is 2.11 bits per heavy atom. The van der Waals surface area contributed by atoms with Crippen LogP contribution in [0.5, 0.6) is 0 Å². The number of aromatic amines is 1. The second-order valence-electron chi connectivity index (χ2n) is 3.98. The molecule has 1 heterocycles.